The summed E-state index contributed by atoms with van der Waals surface area (Å²) in [5.74, 6) is -1.75. The number of halogens is 3. The summed E-state index contributed by atoms with van der Waals surface area (Å²) in [5.41, 5.74) is -0.103. The Kier molecular flexibility index (Phi) is 4.26. The Morgan fingerprint density at radius 1 is 1.47 bits per heavy atom. The molecule has 1 aromatic carbocycles. The molecule has 0 spiro atoms. The number of hydrogen-bond donors (Lipinski definition) is 2. The molecule has 1 heterocycles. The number of carbonyl (C=O) groups excluding carboxylic acids is 1. The lowest BCUT2D eigenvalue weighted by Crippen LogP contribution is -2.36. The molecule has 1 saturated heterocycles. The van der Waals surface area contributed by atoms with Gasteiger partial charge in [-0.2, -0.15) is 8.78 Å². The van der Waals surface area contributed by atoms with Gasteiger partial charge in [0.1, 0.15) is 11.6 Å². The van der Waals surface area contributed by atoms with Crippen LogP contribution in [0.3, 0.4) is 0 Å². The molecule has 1 amide bonds. The summed E-state index contributed by atoms with van der Waals surface area (Å²) in [6.45, 7) is -1.70. The zero-order chi connectivity index (χ0) is 13.8. The first kappa shape index (κ1) is 13.7. The highest BCUT2D eigenvalue weighted by atomic mass is 19.3. The number of ether oxygens (including phenoxy) is 1. The Balaban J connectivity index is 2.14. The van der Waals surface area contributed by atoms with Crippen LogP contribution in [0.2, 0.25) is 0 Å². The van der Waals surface area contributed by atoms with Gasteiger partial charge in [-0.1, -0.05) is 0 Å². The van der Waals surface area contributed by atoms with Gasteiger partial charge in [-0.25, -0.2) is 4.39 Å². The molecule has 7 heteroatoms. The molecule has 2 N–H and O–H groups in total. The second-order valence-electron chi connectivity index (χ2n) is 4.18. The van der Waals surface area contributed by atoms with Crippen molar-refractivity contribution in [2.24, 2.45) is 0 Å². The SMILES string of the molecule is O=C(NC1CCNC1)c1ccc(F)cc1OC(F)F. The molecule has 0 saturated carbocycles. The van der Waals surface area contributed by atoms with Gasteiger partial charge in [-0.15, -0.1) is 0 Å². The lowest BCUT2D eigenvalue weighted by molar-refractivity contribution is -0.0503. The number of benzene rings is 1. The molecule has 0 aromatic heterocycles. The van der Waals surface area contributed by atoms with Gasteiger partial charge in [-0.3, -0.25) is 4.79 Å². The lowest BCUT2D eigenvalue weighted by Gasteiger charge is -2.14. The largest absolute Gasteiger partial charge is 0.434 e. The summed E-state index contributed by atoms with van der Waals surface area (Å²) in [7, 11) is 0. The van der Waals surface area contributed by atoms with Crippen molar-refractivity contribution in [2.75, 3.05) is 13.1 Å². The zero-order valence-electron chi connectivity index (χ0n) is 9.96. The molecule has 19 heavy (non-hydrogen) atoms. The third kappa shape index (κ3) is 3.60. The first-order chi connectivity index (χ1) is 9.06. The van der Waals surface area contributed by atoms with Crippen LogP contribution in [-0.2, 0) is 0 Å². The summed E-state index contributed by atoms with van der Waals surface area (Å²) in [4.78, 5) is 11.9. The number of hydrogen-bond acceptors (Lipinski definition) is 3. The van der Waals surface area contributed by atoms with Gasteiger partial charge in [0.05, 0.1) is 5.56 Å². The molecule has 104 valence electrons. The zero-order valence-corrected chi connectivity index (χ0v) is 9.96. The lowest BCUT2D eigenvalue weighted by atomic mass is 10.1. The molecular formula is C12H13F3N2O2. The number of amides is 1. The number of alkyl halides is 2. The van der Waals surface area contributed by atoms with Crippen molar-refractivity contribution in [1.82, 2.24) is 10.6 Å². The number of rotatable bonds is 4. The molecule has 1 unspecified atom stereocenters. The Bertz CT molecular complexity index is 462. The van der Waals surface area contributed by atoms with E-state index in [0.717, 1.165) is 31.2 Å². The Morgan fingerprint density at radius 3 is 2.89 bits per heavy atom. The van der Waals surface area contributed by atoms with E-state index in [1.54, 1.807) is 0 Å². The van der Waals surface area contributed by atoms with E-state index < -0.39 is 24.1 Å². The second kappa shape index (κ2) is 5.92. The van der Waals surface area contributed by atoms with Gasteiger partial charge >= 0.3 is 6.61 Å². The maximum atomic E-state index is 13.0. The molecule has 0 radical (unpaired) electrons. The molecule has 1 aliphatic heterocycles. The van der Waals surface area contributed by atoms with Crippen LogP contribution < -0.4 is 15.4 Å². The van der Waals surface area contributed by atoms with Gasteiger partial charge in [-0.05, 0) is 25.1 Å². The Hall–Kier alpha value is -1.76. The van der Waals surface area contributed by atoms with Crippen molar-refractivity contribution < 1.29 is 22.7 Å². The van der Waals surface area contributed by atoms with Crippen molar-refractivity contribution in [2.45, 2.75) is 19.1 Å². The molecule has 2 rings (SSSR count). The molecular weight excluding hydrogens is 261 g/mol. The molecule has 1 aromatic rings. The fourth-order valence-corrected chi connectivity index (χ4v) is 1.92. The summed E-state index contributed by atoms with van der Waals surface area (Å²) < 4.78 is 41.6. The third-order valence-corrected chi connectivity index (χ3v) is 2.80. The Morgan fingerprint density at radius 2 is 2.26 bits per heavy atom. The van der Waals surface area contributed by atoms with E-state index in [1.165, 1.54) is 0 Å². The van der Waals surface area contributed by atoms with Crippen LogP contribution in [0.4, 0.5) is 13.2 Å². The minimum Gasteiger partial charge on any atom is -0.434 e. The summed E-state index contributed by atoms with van der Waals surface area (Å²) in [6.07, 6.45) is 0.762. The quantitative estimate of drug-likeness (QED) is 0.875. The van der Waals surface area contributed by atoms with Crippen molar-refractivity contribution in [1.29, 1.82) is 0 Å². The molecule has 1 aliphatic rings. The third-order valence-electron chi connectivity index (χ3n) is 2.80. The molecule has 0 aliphatic carbocycles. The average molecular weight is 274 g/mol. The van der Waals surface area contributed by atoms with E-state index >= 15 is 0 Å². The maximum absolute atomic E-state index is 13.0. The molecule has 0 bridgehead atoms. The van der Waals surface area contributed by atoms with Crippen molar-refractivity contribution in [3.63, 3.8) is 0 Å². The topological polar surface area (TPSA) is 50.4 Å². The van der Waals surface area contributed by atoms with Crippen molar-refractivity contribution >= 4 is 5.91 Å². The molecule has 1 atom stereocenters. The number of carbonyl (C=O) groups is 1. The highest BCUT2D eigenvalue weighted by Gasteiger charge is 2.21. The number of nitrogens with one attached hydrogen (secondary N) is 2. The smallest absolute Gasteiger partial charge is 0.387 e. The fourth-order valence-electron chi connectivity index (χ4n) is 1.92. The fraction of sp³-hybridized carbons (Fsp3) is 0.417. The van der Waals surface area contributed by atoms with Crippen LogP contribution in [0.1, 0.15) is 16.8 Å². The van der Waals surface area contributed by atoms with E-state index in [9.17, 15) is 18.0 Å². The Labute approximate surface area is 107 Å². The van der Waals surface area contributed by atoms with Crippen LogP contribution in [0.25, 0.3) is 0 Å². The van der Waals surface area contributed by atoms with Crippen LogP contribution in [0, 0.1) is 5.82 Å². The van der Waals surface area contributed by atoms with Crippen LogP contribution in [0.5, 0.6) is 5.75 Å². The van der Waals surface area contributed by atoms with Gasteiger partial charge in [0.15, 0.2) is 0 Å². The maximum Gasteiger partial charge on any atom is 0.387 e. The van der Waals surface area contributed by atoms with Gasteiger partial charge in [0, 0.05) is 18.7 Å². The van der Waals surface area contributed by atoms with Gasteiger partial charge in [0.25, 0.3) is 5.91 Å². The highest BCUT2D eigenvalue weighted by Crippen LogP contribution is 2.22. The monoisotopic (exact) mass is 274 g/mol. The summed E-state index contributed by atoms with van der Waals surface area (Å²) in [6, 6.07) is 2.87. The first-order valence-electron chi connectivity index (χ1n) is 5.82. The van der Waals surface area contributed by atoms with Crippen molar-refractivity contribution in [3.8, 4) is 5.75 Å². The predicted molar refractivity (Wildman–Crippen MR) is 61.8 cm³/mol. The van der Waals surface area contributed by atoms with E-state index in [-0.39, 0.29) is 11.6 Å². The average Bonchev–Trinajstić information content (AvgIpc) is 2.80. The molecule has 4 nitrogen and oxygen atoms in total. The van der Waals surface area contributed by atoms with Crippen LogP contribution >= 0.6 is 0 Å². The standard InChI is InChI=1S/C12H13F3N2O2/c13-7-1-2-9(10(5-7)19-12(14)15)11(18)17-8-3-4-16-6-8/h1-2,5,8,12,16H,3-4,6H2,(H,17,18). The predicted octanol–water partition coefficient (Wildman–Crippen LogP) is 1.52. The molecule has 1 fully saturated rings. The highest BCUT2D eigenvalue weighted by molar-refractivity contribution is 5.97. The normalized spacial score (nSPS) is 18.6. The van der Waals surface area contributed by atoms with E-state index in [0.29, 0.717) is 6.54 Å². The van der Waals surface area contributed by atoms with Gasteiger partial charge in [0.2, 0.25) is 0 Å². The summed E-state index contributed by atoms with van der Waals surface area (Å²) in [5, 5.41) is 5.74. The first-order valence-corrected chi connectivity index (χ1v) is 5.82. The second-order valence-corrected chi connectivity index (χ2v) is 4.18. The summed E-state index contributed by atoms with van der Waals surface area (Å²) >= 11 is 0. The van der Waals surface area contributed by atoms with E-state index in [1.807, 2.05) is 0 Å². The van der Waals surface area contributed by atoms with Gasteiger partial charge < -0.3 is 15.4 Å². The van der Waals surface area contributed by atoms with E-state index in [4.69, 9.17) is 0 Å². The van der Waals surface area contributed by atoms with Crippen LogP contribution in [0.15, 0.2) is 18.2 Å². The van der Waals surface area contributed by atoms with Crippen molar-refractivity contribution in [3.05, 3.63) is 29.6 Å². The van der Waals surface area contributed by atoms with E-state index in [2.05, 4.69) is 15.4 Å². The minimum atomic E-state index is -3.11. The van der Waals surface area contributed by atoms with Crippen LogP contribution in [-0.4, -0.2) is 31.7 Å². The minimum absolute atomic E-state index is 0.0584.